The van der Waals surface area contributed by atoms with E-state index in [4.69, 9.17) is 4.74 Å². The Labute approximate surface area is 194 Å². The van der Waals surface area contributed by atoms with E-state index in [1.54, 1.807) is 0 Å². The van der Waals surface area contributed by atoms with Gasteiger partial charge in [-0.1, -0.05) is 86.0 Å². The minimum Gasteiger partial charge on any atom is -0.456 e. The monoisotopic (exact) mass is 429 g/mol. The number of nitrogens with zero attached hydrogens (tertiary/aromatic N) is 1. The van der Waals surface area contributed by atoms with Crippen molar-refractivity contribution in [1.29, 1.82) is 0 Å². The SMILES string of the molecule is c1ccc(-c2c3ccccc3c(Oc3ccc(C4CCCCC4)cc3)c3ccncc23)cc1. The molecule has 1 aliphatic rings. The first-order chi connectivity index (χ1) is 16.4. The van der Waals surface area contributed by atoms with E-state index in [1.807, 2.05) is 12.4 Å². The molecule has 2 heteroatoms. The van der Waals surface area contributed by atoms with Crippen molar-refractivity contribution in [3.8, 4) is 22.6 Å². The molecular formula is C31H27NO. The summed E-state index contributed by atoms with van der Waals surface area (Å²) < 4.78 is 6.61. The molecule has 0 atom stereocenters. The second-order valence-corrected chi connectivity index (χ2v) is 9.04. The Morgan fingerprint density at radius 2 is 1.33 bits per heavy atom. The Bertz CT molecular complexity index is 1340. The average molecular weight is 430 g/mol. The van der Waals surface area contributed by atoms with Crippen molar-refractivity contribution < 1.29 is 4.74 Å². The van der Waals surface area contributed by atoms with Crippen LogP contribution in [0.4, 0.5) is 0 Å². The van der Waals surface area contributed by atoms with Crippen molar-refractivity contribution in [1.82, 2.24) is 4.98 Å². The lowest BCUT2D eigenvalue weighted by atomic mass is 9.84. The molecule has 2 nitrogen and oxygen atoms in total. The van der Waals surface area contributed by atoms with E-state index < -0.39 is 0 Å². The summed E-state index contributed by atoms with van der Waals surface area (Å²) in [5, 5.41) is 4.49. The van der Waals surface area contributed by atoms with Gasteiger partial charge in [0.1, 0.15) is 11.5 Å². The van der Waals surface area contributed by atoms with Crippen LogP contribution in [0.2, 0.25) is 0 Å². The van der Waals surface area contributed by atoms with E-state index in [-0.39, 0.29) is 0 Å². The summed E-state index contributed by atoms with van der Waals surface area (Å²) in [7, 11) is 0. The van der Waals surface area contributed by atoms with Gasteiger partial charge in [-0.2, -0.15) is 0 Å². The number of fused-ring (bicyclic) bond motifs is 2. The van der Waals surface area contributed by atoms with Gasteiger partial charge in [-0.25, -0.2) is 0 Å². The molecule has 0 amide bonds. The van der Waals surface area contributed by atoms with Crippen LogP contribution in [0.25, 0.3) is 32.7 Å². The molecule has 0 radical (unpaired) electrons. The summed E-state index contributed by atoms with van der Waals surface area (Å²) in [5.74, 6) is 2.48. The number of hydrogen-bond acceptors (Lipinski definition) is 2. The van der Waals surface area contributed by atoms with Crippen molar-refractivity contribution in [3.05, 3.63) is 103 Å². The molecule has 162 valence electrons. The fourth-order valence-electron chi connectivity index (χ4n) is 5.37. The predicted molar refractivity (Wildman–Crippen MR) is 137 cm³/mol. The normalized spacial score (nSPS) is 14.5. The number of rotatable bonds is 4. The van der Waals surface area contributed by atoms with Crippen molar-refractivity contribution in [2.75, 3.05) is 0 Å². The predicted octanol–water partition coefficient (Wildman–Crippen LogP) is 8.89. The van der Waals surface area contributed by atoms with Gasteiger partial charge in [0.15, 0.2) is 0 Å². The number of aromatic nitrogens is 1. The Morgan fingerprint density at radius 1 is 0.636 bits per heavy atom. The molecule has 0 saturated heterocycles. The second kappa shape index (κ2) is 8.71. The third kappa shape index (κ3) is 3.76. The van der Waals surface area contributed by atoms with Gasteiger partial charge in [-0.3, -0.25) is 4.98 Å². The van der Waals surface area contributed by atoms with Crippen LogP contribution in [0.1, 0.15) is 43.6 Å². The van der Waals surface area contributed by atoms with Gasteiger partial charge in [0.25, 0.3) is 0 Å². The maximum atomic E-state index is 6.61. The van der Waals surface area contributed by atoms with Gasteiger partial charge < -0.3 is 4.74 Å². The van der Waals surface area contributed by atoms with Crippen LogP contribution in [0.3, 0.4) is 0 Å². The molecule has 0 spiro atoms. The number of ether oxygens (including phenoxy) is 1. The quantitative estimate of drug-likeness (QED) is 0.266. The zero-order valence-electron chi connectivity index (χ0n) is 18.7. The van der Waals surface area contributed by atoms with Crippen LogP contribution in [0, 0.1) is 0 Å². The van der Waals surface area contributed by atoms with Crippen LogP contribution in [0.15, 0.2) is 97.3 Å². The Hall–Kier alpha value is -3.65. The first-order valence-corrected chi connectivity index (χ1v) is 12.0. The molecule has 0 N–H and O–H groups in total. The third-order valence-electron chi connectivity index (χ3n) is 7.02. The summed E-state index contributed by atoms with van der Waals surface area (Å²) in [5.41, 5.74) is 3.84. The topological polar surface area (TPSA) is 22.1 Å². The highest BCUT2D eigenvalue weighted by atomic mass is 16.5. The molecule has 1 aliphatic carbocycles. The molecule has 0 unspecified atom stereocenters. The summed E-state index contributed by atoms with van der Waals surface area (Å²) in [6.45, 7) is 0. The number of hydrogen-bond donors (Lipinski definition) is 0. The summed E-state index contributed by atoms with van der Waals surface area (Å²) in [6, 6.07) is 29.9. The summed E-state index contributed by atoms with van der Waals surface area (Å²) in [6.07, 6.45) is 10.5. The van der Waals surface area contributed by atoms with E-state index in [1.165, 1.54) is 54.2 Å². The lowest BCUT2D eigenvalue weighted by molar-refractivity contribution is 0.442. The van der Waals surface area contributed by atoms with Crippen LogP contribution in [0.5, 0.6) is 11.5 Å². The third-order valence-corrected chi connectivity index (χ3v) is 7.02. The van der Waals surface area contributed by atoms with Crippen molar-refractivity contribution in [2.24, 2.45) is 0 Å². The Balaban J connectivity index is 1.48. The largest absolute Gasteiger partial charge is 0.456 e. The first-order valence-electron chi connectivity index (χ1n) is 12.0. The maximum Gasteiger partial charge on any atom is 0.143 e. The lowest BCUT2D eigenvalue weighted by Gasteiger charge is -2.22. The van der Waals surface area contributed by atoms with E-state index in [0.717, 1.165) is 27.7 Å². The van der Waals surface area contributed by atoms with E-state index >= 15 is 0 Å². The van der Waals surface area contributed by atoms with Gasteiger partial charge >= 0.3 is 0 Å². The van der Waals surface area contributed by atoms with Gasteiger partial charge in [0, 0.05) is 28.6 Å². The van der Waals surface area contributed by atoms with Gasteiger partial charge in [-0.05, 0) is 59.0 Å². The smallest absolute Gasteiger partial charge is 0.143 e. The van der Waals surface area contributed by atoms with E-state index in [0.29, 0.717) is 5.92 Å². The minimum atomic E-state index is 0.700. The number of pyridine rings is 1. The van der Waals surface area contributed by atoms with Gasteiger partial charge in [-0.15, -0.1) is 0 Å². The molecule has 1 heterocycles. The van der Waals surface area contributed by atoms with Crippen LogP contribution in [-0.2, 0) is 0 Å². The van der Waals surface area contributed by atoms with E-state index in [2.05, 4.69) is 89.9 Å². The fourth-order valence-corrected chi connectivity index (χ4v) is 5.37. The van der Waals surface area contributed by atoms with Crippen molar-refractivity contribution in [3.63, 3.8) is 0 Å². The molecule has 6 rings (SSSR count). The van der Waals surface area contributed by atoms with E-state index in [9.17, 15) is 0 Å². The molecule has 0 bridgehead atoms. The zero-order chi connectivity index (χ0) is 22.0. The summed E-state index contributed by atoms with van der Waals surface area (Å²) in [4.78, 5) is 4.46. The van der Waals surface area contributed by atoms with Gasteiger partial charge in [0.05, 0.1) is 0 Å². The average Bonchev–Trinajstić information content (AvgIpc) is 2.90. The van der Waals surface area contributed by atoms with Crippen LogP contribution >= 0.6 is 0 Å². The Morgan fingerprint density at radius 3 is 2.12 bits per heavy atom. The molecule has 4 aromatic carbocycles. The molecule has 5 aromatic rings. The molecule has 1 fully saturated rings. The fraction of sp³-hybridized carbons (Fsp3) is 0.194. The maximum absolute atomic E-state index is 6.61. The highest BCUT2D eigenvalue weighted by molar-refractivity contribution is 6.16. The van der Waals surface area contributed by atoms with Crippen molar-refractivity contribution in [2.45, 2.75) is 38.0 Å². The summed E-state index contributed by atoms with van der Waals surface area (Å²) >= 11 is 0. The molecule has 0 aliphatic heterocycles. The highest BCUT2D eigenvalue weighted by Crippen LogP contribution is 2.44. The molecule has 33 heavy (non-hydrogen) atoms. The Kier molecular flexibility index (Phi) is 5.28. The van der Waals surface area contributed by atoms with Crippen molar-refractivity contribution >= 4 is 21.5 Å². The standard InChI is InChI=1S/C31H27NO/c1-3-9-22(10-4-1)23-15-17-25(18-16-23)33-31-27-14-8-7-13-26(27)30(24-11-5-2-6-12-24)29-21-32-20-19-28(29)31/h2,5-8,11-22H,1,3-4,9-10H2. The zero-order valence-corrected chi connectivity index (χ0v) is 18.7. The second-order valence-electron chi connectivity index (χ2n) is 9.04. The minimum absolute atomic E-state index is 0.700. The lowest BCUT2D eigenvalue weighted by Crippen LogP contribution is -2.04. The first kappa shape index (κ1) is 20.0. The highest BCUT2D eigenvalue weighted by Gasteiger charge is 2.18. The van der Waals surface area contributed by atoms with Crippen LogP contribution < -0.4 is 4.74 Å². The van der Waals surface area contributed by atoms with Crippen LogP contribution in [-0.4, -0.2) is 4.98 Å². The number of benzene rings is 4. The molecule has 1 aromatic heterocycles. The van der Waals surface area contributed by atoms with Gasteiger partial charge in [0.2, 0.25) is 0 Å². The molecular weight excluding hydrogens is 402 g/mol. The molecule has 1 saturated carbocycles.